The maximum absolute atomic E-state index is 13.9. The van der Waals surface area contributed by atoms with Crippen molar-refractivity contribution < 1.29 is 40.2 Å². The third kappa shape index (κ3) is 2.48. The standard InChI is InChI=1S/C11H9F7O2/c1-19-6-3-4-8(20-2)7(5-6)9(12,10(13,14)15)11(16,17)18/h3-5H,1-2H3. The van der Waals surface area contributed by atoms with Gasteiger partial charge in [-0.1, -0.05) is 0 Å². The molecule has 0 amide bonds. The summed E-state index contributed by atoms with van der Waals surface area (Å²) in [7, 11) is 1.85. The Bertz CT molecular complexity index is 465. The van der Waals surface area contributed by atoms with Crippen molar-refractivity contribution in [2.75, 3.05) is 14.2 Å². The number of alkyl halides is 7. The van der Waals surface area contributed by atoms with Gasteiger partial charge < -0.3 is 9.47 Å². The summed E-state index contributed by atoms with van der Waals surface area (Å²) in [6, 6.07) is 2.12. The molecule has 0 aromatic heterocycles. The minimum absolute atomic E-state index is 0.305. The molecule has 0 unspecified atom stereocenters. The summed E-state index contributed by atoms with van der Waals surface area (Å²) in [5.74, 6) is -1.25. The SMILES string of the molecule is COc1ccc(OC)c(C(F)(C(F)(F)F)C(F)(F)F)c1. The van der Waals surface area contributed by atoms with Gasteiger partial charge in [0.25, 0.3) is 0 Å². The topological polar surface area (TPSA) is 18.5 Å². The molecule has 0 heterocycles. The maximum Gasteiger partial charge on any atom is 0.436 e. The second kappa shape index (κ2) is 5.02. The first-order valence-electron chi connectivity index (χ1n) is 5.04. The Kier molecular flexibility index (Phi) is 4.12. The third-order valence-corrected chi connectivity index (χ3v) is 2.56. The van der Waals surface area contributed by atoms with Crippen molar-refractivity contribution >= 4 is 0 Å². The molecule has 9 heteroatoms. The van der Waals surface area contributed by atoms with Gasteiger partial charge in [-0.2, -0.15) is 26.3 Å². The molecule has 0 aliphatic heterocycles. The minimum atomic E-state index is -6.20. The van der Waals surface area contributed by atoms with Gasteiger partial charge in [0.2, 0.25) is 0 Å². The molecule has 20 heavy (non-hydrogen) atoms. The van der Waals surface area contributed by atoms with Gasteiger partial charge in [-0.3, -0.25) is 0 Å². The molecule has 0 aliphatic rings. The molecule has 0 fully saturated rings. The van der Waals surface area contributed by atoms with Crippen molar-refractivity contribution in [1.29, 1.82) is 0 Å². The van der Waals surface area contributed by atoms with E-state index in [1.165, 1.54) is 0 Å². The summed E-state index contributed by atoms with van der Waals surface area (Å²) >= 11 is 0. The zero-order chi connectivity index (χ0) is 15.8. The van der Waals surface area contributed by atoms with E-state index in [1.54, 1.807) is 0 Å². The van der Waals surface area contributed by atoms with Gasteiger partial charge in [-0.05, 0) is 18.2 Å². The van der Waals surface area contributed by atoms with E-state index in [4.69, 9.17) is 0 Å². The monoisotopic (exact) mass is 306 g/mol. The van der Waals surface area contributed by atoms with Gasteiger partial charge in [0.15, 0.2) is 0 Å². The Balaban J connectivity index is 3.66. The quantitative estimate of drug-likeness (QED) is 0.786. The van der Waals surface area contributed by atoms with Crippen LogP contribution in [0.2, 0.25) is 0 Å². The Labute approximate surface area is 109 Å². The summed E-state index contributed by atoms with van der Waals surface area (Å²) in [5, 5.41) is 0. The fourth-order valence-electron chi connectivity index (χ4n) is 1.55. The molecule has 0 spiro atoms. The smallest absolute Gasteiger partial charge is 0.436 e. The van der Waals surface area contributed by atoms with Crippen molar-refractivity contribution in [2.24, 2.45) is 0 Å². The number of hydrogen-bond acceptors (Lipinski definition) is 2. The van der Waals surface area contributed by atoms with Gasteiger partial charge in [0, 0.05) is 0 Å². The molecule has 0 saturated heterocycles. The van der Waals surface area contributed by atoms with Crippen LogP contribution in [0.3, 0.4) is 0 Å². The van der Waals surface area contributed by atoms with Crippen LogP contribution in [0.5, 0.6) is 11.5 Å². The highest BCUT2D eigenvalue weighted by Crippen LogP contribution is 2.55. The highest BCUT2D eigenvalue weighted by atomic mass is 19.4. The lowest BCUT2D eigenvalue weighted by atomic mass is 9.93. The van der Waals surface area contributed by atoms with Crippen LogP contribution in [-0.2, 0) is 5.67 Å². The molecule has 0 bridgehead atoms. The molecule has 2 nitrogen and oxygen atoms in total. The molecule has 1 aromatic rings. The fraction of sp³-hybridized carbons (Fsp3) is 0.455. The summed E-state index contributed by atoms with van der Waals surface area (Å²) in [6.45, 7) is 0. The van der Waals surface area contributed by atoms with E-state index < -0.39 is 29.3 Å². The van der Waals surface area contributed by atoms with E-state index in [2.05, 4.69) is 9.47 Å². The maximum atomic E-state index is 13.9. The average Bonchev–Trinajstić information content (AvgIpc) is 2.34. The molecule has 114 valence electrons. The highest BCUT2D eigenvalue weighted by Gasteiger charge is 2.74. The second-order valence-corrected chi connectivity index (χ2v) is 3.72. The van der Waals surface area contributed by atoms with Gasteiger partial charge in [-0.25, -0.2) is 4.39 Å². The number of ether oxygens (including phenoxy) is 2. The van der Waals surface area contributed by atoms with Gasteiger partial charge in [0.05, 0.1) is 19.8 Å². The number of halogens is 7. The molecule has 0 N–H and O–H groups in total. The molecule has 1 aromatic carbocycles. The molecule has 0 aliphatic carbocycles. The summed E-state index contributed by atoms with van der Waals surface area (Å²) in [4.78, 5) is 0. The van der Waals surface area contributed by atoms with E-state index in [-0.39, 0.29) is 5.75 Å². The number of methoxy groups -OCH3 is 2. The minimum Gasteiger partial charge on any atom is -0.497 e. The van der Waals surface area contributed by atoms with Gasteiger partial charge in [-0.15, -0.1) is 0 Å². The van der Waals surface area contributed by atoms with Crippen LogP contribution in [0.15, 0.2) is 18.2 Å². The van der Waals surface area contributed by atoms with Crippen LogP contribution >= 0.6 is 0 Å². The summed E-state index contributed by atoms with van der Waals surface area (Å²) in [6.07, 6.45) is -12.4. The van der Waals surface area contributed by atoms with Crippen molar-refractivity contribution in [2.45, 2.75) is 18.0 Å². The summed E-state index contributed by atoms with van der Waals surface area (Å²) in [5.41, 5.74) is -7.26. The van der Waals surface area contributed by atoms with Crippen LogP contribution in [-0.4, -0.2) is 26.6 Å². The van der Waals surface area contributed by atoms with Crippen molar-refractivity contribution in [3.63, 3.8) is 0 Å². The van der Waals surface area contributed by atoms with Gasteiger partial charge in [0.1, 0.15) is 11.5 Å². The Morgan fingerprint density at radius 3 is 1.65 bits per heavy atom. The molecule has 0 saturated carbocycles. The Hall–Kier alpha value is -1.67. The average molecular weight is 306 g/mol. The molecule has 1 rings (SSSR count). The first-order valence-corrected chi connectivity index (χ1v) is 5.04. The lowest BCUT2D eigenvalue weighted by Crippen LogP contribution is -2.50. The van der Waals surface area contributed by atoms with E-state index in [0.29, 0.717) is 6.07 Å². The van der Waals surface area contributed by atoms with E-state index >= 15 is 0 Å². The van der Waals surface area contributed by atoms with Crippen LogP contribution < -0.4 is 9.47 Å². The van der Waals surface area contributed by atoms with E-state index in [1.807, 2.05) is 0 Å². The largest absolute Gasteiger partial charge is 0.497 e. The number of rotatable bonds is 3. The van der Waals surface area contributed by atoms with E-state index in [9.17, 15) is 30.7 Å². The first kappa shape index (κ1) is 16.4. The van der Waals surface area contributed by atoms with Crippen LogP contribution in [0.25, 0.3) is 0 Å². The Morgan fingerprint density at radius 2 is 1.30 bits per heavy atom. The van der Waals surface area contributed by atoms with Crippen molar-refractivity contribution in [1.82, 2.24) is 0 Å². The molecular weight excluding hydrogens is 297 g/mol. The lowest BCUT2D eigenvalue weighted by Gasteiger charge is -2.31. The zero-order valence-corrected chi connectivity index (χ0v) is 10.2. The highest BCUT2D eigenvalue weighted by molar-refractivity contribution is 5.45. The number of hydrogen-bond donors (Lipinski definition) is 0. The third-order valence-electron chi connectivity index (χ3n) is 2.56. The van der Waals surface area contributed by atoms with Crippen LogP contribution in [0.4, 0.5) is 30.7 Å². The van der Waals surface area contributed by atoms with Crippen molar-refractivity contribution in [3.8, 4) is 11.5 Å². The zero-order valence-electron chi connectivity index (χ0n) is 10.2. The van der Waals surface area contributed by atoms with E-state index in [0.717, 1.165) is 26.4 Å². The Morgan fingerprint density at radius 1 is 0.800 bits per heavy atom. The molecule has 0 atom stereocenters. The lowest BCUT2D eigenvalue weighted by molar-refractivity contribution is -0.349. The number of benzene rings is 1. The van der Waals surface area contributed by atoms with Crippen LogP contribution in [0.1, 0.15) is 5.56 Å². The molecular formula is C11H9F7O2. The predicted molar refractivity (Wildman–Crippen MR) is 54.4 cm³/mol. The fourth-order valence-corrected chi connectivity index (χ4v) is 1.55. The molecule has 0 radical (unpaired) electrons. The van der Waals surface area contributed by atoms with Gasteiger partial charge >= 0.3 is 18.0 Å². The first-order chi connectivity index (χ1) is 8.99. The van der Waals surface area contributed by atoms with Crippen molar-refractivity contribution in [3.05, 3.63) is 23.8 Å². The summed E-state index contributed by atoms with van der Waals surface area (Å²) < 4.78 is 98.7. The van der Waals surface area contributed by atoms with Crippen LogP contribution in [0, 0.1) is 0 Å². The predicted octanol–water partition coefficient (Wildman–Crippen LogP) is 3.99. The second-order valence-electron chi connectivity index (χ2n) is 3.72. The normalized spacial score (nSPS) is 13.2.